The highest BCUT2D eigenvalue weighted by Gasteiger charge is 2.31. The zero-order valence-corrected chi connectivity index (χ0v) is 12.1. The molecule has 0 bridgehead atoms. The number of nitrogens with zero attached hydrogens (tertiary/aromatic N) is 1. The van der Waals surface area contributed by atoms with Gasteiger partial charge in [0.05, 0.1) is 6.07 Å². The number of nitriles is 1. The van der Waals surface area contributed by atoms with Crippen molar-refractivity contribution in [3.8, 4) is 6.07 Å². The minimum atomic E-state index is -3.65. The van der Waals surface area contributed by atoms with E-state index in [1.807, 2.05) is 24.3 Å². The highest BCUT2D eigenvalue weighted by Crippen LogP contribution is 2.17. The van der Waals surface area contributed by atoms with Crippen LogP contribution in [0.1, 0.15) is 26.3 Å². The summed E-state index contributed by atoms with van der Waals surface area (Å²) in [6, 6.07) is 11.1. The van der Waals surface area contributed by atoms with Crippen LogP contribution in [0.25, 0.3) is 6.08 Å². The van der Waals surface area contributed by atoms with E-state index in [1.54, 1.807) is 32.9 Å². The fourth-order valence-electron chi connectivity index (χ4n) is 1.33. The molecule has 0 fully saturated rings. The van der Waals surface area contributed by atoms with Gasteiger partial charge in [0.1, 0.15) is 5.54 Å². The SMILES string of the molecule is CC(C)[C@](C)(C#N)NS(=O)(=O)/C=C/c1ccccc1. The molecule has 1 aromatic rings. The topological polar surface area (TPSA) is 70.0 Å². The van der Waals surface area contributed by atoms with Gasteiger partial charge in [0.25, 0.3) is 0 Å². The standard InChI is InChI=1S/C14H18N2O2S/c1-12(2)14(3,11-15)16-19(17,18)10-9-13-7-5-4-6-8-13/h4-10,12,16H,1-3H3/b10-9+/t14-/m0/s1. The molecule has 19 heavy (non-hydrogen) atoms. The number of sulfonamides is 1. The minimum Gasteiger partial charge on any atom is -0.208 e. The predicted molar refractivity (Wildman–Crippen MR) is 76.4 cm³/mol. The van der Waals surface area contributed by atoms with Crippen LogP contribution in [0.3, 0.4) is 0 Å². The lowest BCUT2D eigenvalue weighted by Gasteiger charge is -2.25. The first-order chi connectivity index (χ1) is 8.79. The molecule has 0 amide bonds. The van der Waals surface area contributed by atoms with Crippen molar-refractivity contribution < 1.29 is 8.42 Å². The molecule has 102 valence electrons. The van der Waals surface area contributed by atoms with Gasteiger partial charge in [0.15, 0.2) is 0 Å². The van der Waals surface area contributed by atoms with Crippen molar-refractivity contribution in [1.29, 1.82) is 5.26 Å². The second kappa shape index (κ2) is 6.00. The number of hydrogen-bond acceptors (Lipinski definition) is 3. The summed E-state index contributed by atoms with van der Waals surface area (Å²) >= 11 is 0. The molecule has 5 heteroatoms. The number of nitrogens with one attached hydrogen (secondary N) is 1. The normalized spacial score (nSPS) is 15.3. The first-order valence-electron chi connectivity index (χ1n) is 5.97. The lowest BCUT2D eigenvalue weighted by atomic mass is 9.92. The van der Waals surface area contributed by atoms with Crippen LogP contribution in [0.15, 0.2) is 35.7 Å². The highest BCUT2D eigenvalue weighted by molar-refractivity contribution is 7.92. The molecule has 0 spiro atoms. The minimum absolute atomic E-state index is 0.127. The van der Waals surface area contributed by atoms with Gasteiger partial charge in [-0.3, -0.25) is 0 Å². The number of rotatable bonds is 5. The molecule has 4 nitrogen and oxygen atoms in total. The van der Waals surface area contributed by atoms with Gasteiger partial charge in [-0.2, -0.15) is 9.98 Å². The van der Waals surface area contributed by atoms with E-state index in [-0.39, 0.29) is 5.92 Å². The molecule has 1 rings (SSSR count). The Kier molecular flexibility index (Phi) is 4.87. The van der Waals surface area contributed by atoms with Crippen LogP contribution in [0.5, 0.6) is 0 Å². The molecule has 0 radical (unpaired) electrons. The van der Waals surface area contributed by atoms with Crippen molar-refractivity contribution in [3.05, 3.63) is 41.3 Å². The van der Waals surface area contributed by atoms with Gasteiger partial charge in [-0.25, -0.2) is 8.42 Å². The van der Waals surface area contributed by atoms with E-state index in [9.17, 15) is 8.42 Å². The molecule has 1 N–H and O–H groups in total. The first kappa shape index (κ1) is 15.4. The lowest BCUT2D eigenvalue weighted by Crippen LogP contribution is -2.47. The van der Waals surface area contributed by atoms with Crippen LogP contribution >= 0.6 is 0 Å². The smallest absolute Gasteiger partial charge is 0.208 e. The summed E-state index contributed by atoms with van der Waals surface area (Å²) in [6.45, 7) is 5.17. The summed E-state index contributed by atoms with van der Waals surface area (Å²) in [5.74, 6) is -0.127. The lowest BCUT2D eigenvalue weighted by molar-refractivity contribution is 0.390. The first-order valence-corrected chi connectivity index (χ1v) is 7.52. The molecule has 0 aromatic heterocycles. The van der Waals surface area contributed by atoms with Crippen molar-refractivity contribution >= 4 is 16.1 Å². The molecular formula is C14H18N2O2S. The van der Waals surface area contributed by atoms with E-state index in [0.717, 1.165) is 11.0 Å². The molecule has 1 aromatic carbocycles. The molecular weight excluding hydrogens is 260 g/mol. The van der Waals surface area contributed by atoms with Gasteiger partial charge in [-0.15, -0.1) is 0 Å². The molecule has 0 aliphatic rings. The van der Waals surface area contributed by atoms with Gasteiger partial charge < -0.3 is 0 Å². The average molecular weight is 278 g/mol. The van der Waals surface area contributed by atoms with Crippen molar-refractivity contribution in [2.45, 2.75) is 26.3 Å². The van der Waals surface area contributed by atoms with E-state index in [1.165, 1.54) is 6.08 Å². The zero-order valence-electron chi connectivity index (χ0n) is 11.3. The van der Waals surface area contributed by atoms with Gasteiger partial charge in [-0.1, -0.05) is 44.2 Å². The predicted octanol–water partition coefficient (Wildman–Crippen LogP) is 2.51. The molecule has 0 aliphatic carbocycles. The molecule has 0 aliphatic heterocycles. The maximum Gasteiger partial charge on any atom is 0.235 e. The van der Waals surface area contributed by atoms with E-state index in [4.69, 9.17) is 5.26 Å². The second-order valence-electron chi connectivity index (χ2n) is 4.83. The van der Waals surface area contributed by atoms with E-state index >= 15 is 0 Å². The van der Waals surface area contributed by atoms with Crippen LogP contribution in [-0.4, -0.2) is 14.0 Å². The molecule has 0 unspecified atom stereocenters. The van der Waals surface area contributed by atoms with Crippen LogP contribution in [0.2, 0.25) is 0 Å². The third-order valence-electron chi connectivity index (χ3n) is 2.98. The summed E-state index contributed by atoms with van der Waals surface area (Å²) in [6.07, 6.45) is 1.50. The maximum absolute atomic E-state index is 11.9. The Labute approximate surface area is 114 Å². The monoisotopic (exact) mass is 278 g/mol. The molecule has 0 heterocycles. The largest absolute Gasteiger partial charge is 0.235 e. The third-order valence-corrected chi connectivity index (χ3v) is 4.18. The molecule has 0 saturated heterocycles. The maximum atomic E-state index is 11.9. The Morgan fingerprint density at radius 1 is 1.32 bits per heavy atom. The number of benzene rings is 1. The number of hydrogen-bond donors (Lipinski definition) is 1. The van der Waals surface area contributed by atoms with Crippen LogP contribution in [0, 0.1) is 17.2 Å². The van der Waals surface area contributed by atoms with E-state index in [0.29, 0.717) is 0 Å². The van der Waals surface area contributed by atoms with Gasteiger partial charge in [0, 0.05) is 5.41 Å². The van der Waals surface area contributed by atoms with Crippen molar-refractivity contribution in [2.75, 3.05) is 0 Å². The Bertz CT molecular complexity index is 586. The summed E-state index contributed by atoms with van der Waals surface area (Å²) in [5, 5.41) is 10.2. The summed E-state index contributed by atoms with van der Waals surface area (Å²) in [5.41, 5.74) is -0.323. The molecule has 1 atom stereocenters. The van der Waals surface area contributed by atoms with E-state index < -0.39 is 15.6 Å². The Balaban J connectivity index is 2.90. The summed E-state index contributed by atoms with van der Waals surface area (Å²) < 4.78 is 26.3. The Morgan fingerprint density at radius 2 is 1.89 bits per heavy atom. The van der Waals surface area contributed by atoms with Crippen molar-refractivity contribution in [1.82, 2.24) is 4.72 Å². The third kappa shape index (κ3) is 4.51. The summed E-state index contributed by atoms with van der Waals surface area (Å²) in [4.78, 5) is 0. The van der Waals surface area contributed by atoms with Gasteiger partial charge in [-0.05, 0) is 24.5 Å². The second-order valence-corrected chi connectivity index (χ2v) is 6.40. The zero-order chi connectivity index (χ0) is 14.5. The van der Waals surface area contributed by atoms with Gasteiger partial charge >= 0.3 is 0 Å². The average Bonchev–Trinajstić information content (AvgIpc) is 2.37. The molecule has 0 saturated carbocycles. The Morgan fingerprint density at radius 3 is 2.37 bits per heavy atom. The fraction of sp³-hybridized carbons (Fsp3) is 0.357. The summed E-state index contributed by atoms with van der Waals surface area (Å²) in [7, 11) is -3.65. The van der Waals surface area contributed by atoms with E-state index in [2.05, 4.69) is 4.72 Å². The Hall–Kier alpha value is -1.64. The van der Waals surface area contributed by atoms with Crippen LogP contribution < -0.4 is 4.72 Å². The van der Waals surface area contributed by atoms with Crippen molar-refractivity contribution in [2.24, 2.45) is 5.92 Å². The van der Waals surface area contributed by atoms with Crippen LogP contribution in [-0.2, 0) is 10.0 Å². The quantitative estimate of drug-likeness (QED) is 0.899. The fourth-order valence-corrected chi connectivity index (χ4v) is 2.61. The van der Waals surface area contributed by atoms with Crippen molar-refractivity contribution in [3.63, 3.8) is 0 Å². The highest BCUT2D eigenvalue weighted by atomic mass is 32.2. The van der Waals surface area contributed by atoms with Gasteiger partial charge in [0.2, 0.25) is 10.0 Å². The van der Waals surface area contributed by atoms with Crippen LogP contribution in [0.4, 0.5) is 0 Å².